The molecule has 30 heavy (non-hydrogen) atoms. The molecule has 0 bridgehead atoms. The number of furan rings is 1. The minimum absolute atomic E-state index is 0. The molecule has 0 aliphatic carbocycles. The first-order valence-electron chi connectivity index (χ1n) is 8.11. The Morgan fingerprint density at radius 2 is 2.20 bits per heavy atom. The summed E-state index contributed by atoms with van der Waals surface area (Å²) in [5, 5.41) is 17.0. The number of nitrogens with zero attached hydrogens (tertiary/aromatic N) is 2. The number of fused-ring (bicyclic) bond motifs is 1. The third-order valence-corrected chi connectivity index (χ3v) is 5.41. The fraction of sp³-hybridized carbons (Fsp3) is 0.312. The number of ether oxygens (including phenoxy) is 1. The minimum Gasteiger partial charge on any atom is -0.543 e. The van der Waals surface area contributed by atoms with Crippen molar-refractivity contribution in [3.05, 3.63) is 35.4 Å². The number of primary amides is 1. The van der Waals surface area contributed by atoms with Crippen molar-refractivity contribution < 1.29 is 89.7 Å². The SMILES string of the molecule is CO/N=C(\C(=O)N[C@@H]1C(=O)N2C(C(=O)[O-])=C(COC(N)=O)CS[C@@H]12)c1ccco1.[K+]. The molecule has 1 aromatic rings. The van der Waals surface area contributed by atoms with Crippen LogP contribution in [0.1, 0.15) is 5.76 Å². The molecule has 3 heterocycles. The van der Waals surface area contributed by atoms with E-state index < -0.39 is 41.0 Å². The molecule has 2 aliphatic heterocycles. The van der Waals surface area contributed by atoms with Crippen LogP contribution in [0.4, 0.5) is 4.79 Å². The number of thioether (sulfide) groups is 1. The zero-order valence-electron chi connectivity index (χ0n) is 15.9. The predicted molar refractivity (Wildman–Crippen MR) is 94.8 cm³/mol. The van der Waals surface area contributed by atoms with Crippen LogP contribution in [0.3, 0.4) is 0 Å². The molecule has 0 aromatic carbocycles. The topological polar surface area (TPSA) is 177 Å². The van der Waals surface area contributed by atoms with Gasteiger partial charge in [-0.2, -0.15) is 0 Å². The number of rotatable bonds is 7. The molecular weight excluding hydrogens is 447 g/mol. The fourth-order valence-corrected chi connectivity index (χ4v) is 4.18. The first-order chi connectivity index (χ1) is 13.8. The Morgan fingerprint density at radius 3 is 2.77 bits per heavy atom. The average molecular weight is 462 g/mol. The number of nitrogens with two attached hydrogens (primary N) is 1. The van der Waals surface area contributed by atoms with Crippen LogP contribution < -0.4 is 67.5 Å². The van der Waals surface area contributed by atoms with Gasteiger partial charge in [0.2, 0.25) is 5.71 Å². The Balaban J connectivity index is 0.00000320. The van der Waals surface area contributed by atoms with E-state index in [2.05, 4.69) is 20.0 Å². The van der Waals surface area contributed by atoms with Crippen LogP contribution in [0.15, 0.2) is 39.2 Å². The maximum Gasteiger partial charge on any atom is 1.00 e. The van der Waals surface area contributed by atoms with Gasteiger partial charge >= 0.3 is 57.5 Å². The van der Waals surface area contributed by atoms with Crippen molar-refractivity contribution in [3.63, 3.8) is 0 Å². The Bertz CT molecular complexity index is 916. The molecule has 3 N–H and O–H groups in total. The van der Waals surface area contributed by atoms with Gasteiger partial charge < -0.3 is 34.9 Å². The van der Waals surface area contributed by atoms with Gasteiger partial charge in [-0.25, -0.2) is 4.79 Å². The summed E-state index contributed by atoms with van der Waals surface area (Å²) >= 11 is 1.18. The van der Waals surface area contributed by atoms with Gasteiger partial charge in [-0.1, -0.05) is 5.16 Å². The molecule has 3 rings (SSSR count). The van der Waals surface area contributed by atoms with Gasteiger partial charge in [-0.05, 0) is 12.1 Å². The van der Waals surface area contributed by atoms with E-state index in [9.17, 15) is 24.3 Å². The molecule has 0 unspecified atom stereocenters. The summed E-state index contributed by atoms with van der Waals surface area (Å²) < 4.78 is 9.75. The second kappa shape index (κ2) is 10.5. The number of nitrogens with one attached hydrogen (secondary N) is 1. The van der Waals surface area contributed by atoms with Gasteiger partial charge in [0.15, 0.2) is 5.76 Å². The second-order valence-electron chi connectivity index (χ2n) is 5.81. The Hall–Kier alpha value is -1.84. The largest absolute Gasteiger partial charge is 1.00 e. The quantitative estimate of drug-likeness (QED) is 0.174. The van der Waals surface area contributed by atoms with Crippen LogP contribution in [0.5, 0.6) is 0 Å². The number of oxime groups is 1. The number of carbonyl (C=O) groups is 4. The van der Waals surface area contributed by atoms with Crippen LogP contribution in [0.25, 0.3) is 0 Å². The minimum atomic E-state index is -1.60. The molecule has 1 aromatic heterocycles. The number of β-lactam (4-membered cyclic amide) rings is 1. The molecule has 2 aliphatic rings. The molecule has 2 atom stereocenters. The number of carboxylic acid groups (broad SMARTS) is 1. The van der Waals surface area contributed by atoms with Crippen LogP contribution >= 0.6 is 11.8 Å². The molecule has 1 fully saturated rings. The van der Waals surface area contributed by atoms with E-state index in [1.54, 1.807) is 6.07 Å². The van der Waals surface area contributed by atoms with Crippen LogP contribution in [0, 0.1) is 0 Å². The molecule has 3 amide bonds. The van der Waals surface area contributed by atoms with E-state index in [0.29, 0.717) is 0 Å². The summed E-state index contributed by atoms with van der Waals surface area (Å²) in [6.45, 7) is -0.387. The van der Waals surface area contributed by atoms with Crippen molar-refractivity contribution in [2.24, 2.45) is 10.9 Å². The normalized spacial score (nSPS) is 20.5. The Labute approximate surface area is 216 Å². The third-order valence-electron chi connectivity index (χ3n) is 4.07. The van der Waals surface area contributed by atoms with Crippen LogP contribution in [-0.4, -0.2) is 65.4 Å². The van der Waals surface area contributed by atoms with E-state index in [-0.39, 0.29) is 80.8 Å². The standard InChI is InChI=1S/C16H16N4O8S.K/c1-26-19-9(8-3-2-4-27-8)12(21)18-10-13(22)20-11(15(23)24)7(5-28-16(17)25)6-29-14(10)20;/h2-4,10,14H,5-6H2,1H3,(H2,17,25)(H,18,21)(H,23,24);/q;+1/p-1/b19-9-;/t10-,14+;/m1./s1. The molecule has 154 valence electrons. The van der Waals surface area contributed by atoms with Gasteiger partial charge in [0.05, 0.1) is 17.9 Å². The van der Waals surface area contributed by atoms with Crippen molar-refractivity contribution in [3.8, 4) is 0 Å². The summed E-state index contributed by atoms with van der Waals surface area (Å²) in [7, 11) is 1.25. The Morgan fingerprint density at radius 1 is 1.47 bits per heavy atom. The van der Waals surface area contributed by atoms with Crippen molar-refractivity contribution in [2.75, 3.05) is 19.5 Å². The molecule has 0 radical (unpaired) electrons. The van der Waals surface area contributed by atoms with Crippen molar-refractivity contribution in [1.82, 2.24) is 10.2 Å². The summed E-state index contributed by atoms with van der Waals surface area (Å²) in [6.07, 6.45) is 0.262. The van der Waals surface area contributed by atoms with Crippen LogP contribution in [0.2, 0.25) is 0 Å². The second-order valence-corrected chi connectivity index (χ2v) is 6.91. The monoisotopic (exact) mass is 462 g/mol. The van der Waals surface area contributed by atoms with Gasteiger partial charge in [0, 0.05) is 11.3 Å². The summed E-state index contributed by atoms with van der Waals surface area (Å²) in [5.74, 6) is -2.74. The summed E-state index contributed by atoms with van der Waals surface area (Å²) in [6, 6.07) is 2.04. The number of carbonyl (C=O) groups excluding carboxylic acids is 4. The van der Waals surface area contributed by atoms with Crippen molar-refractivity contribution >= 4 is 41.4 Å². The van der Waals surface area contributed by atoms with Crippen molar-refractivity contribution in [1.29, 1.82) is 0 Å². The summed E-state index contributed by atoms with van der Waals surface area (Å²) in [4.78, 5) is 53.0. The molecule has 14 heteroatoms. The van der Waals surface area contributed by atoms with Gasteiger partial charge in [-0.15, -0.1) is 11.8 Å². The van der Waals surface area contributed by atoms with E-state index in [1.807, 2.05) is 0 Å². The molecule has 1 saturated heterocycles. The maximum atomic E-state index is 12.5. The average Bonchev–Trinajstić information content (AvgIpc) is 3.21. The summed E-state index contributed by atoms with van der Waals surface area (Å²) in [5.41, 5.74) is 4.48. The van der Waals surface area contributed by atoms with Gasteiger partial charge in [0.1, 0.15) is 25.1 Å². The molecule has 0 saturated carbocycles. The molecule has 0 spiro atoms. The predicted octanol–water partition coefficient (Wildman–Crippen LogP) is -4.87. The van der Waals surface area contributed by atoms with Crippen molar-refractivity contribution in [2.45, 2.75) is 11.4 Å². The molecular formula is C16H15KN4O8S. The number of hydrogen-bond donors (Lipinski definition) is 2. The smallest absolute Gasteiger partial charge is 0.543 e. The fourth-order valence-electron chi connectivity index (χ4n) is 2.85. The third kappa shape index (κ3) is 4.89. The molecule has 12 nitrogen and oxygen atoms in total. The number of aliphatic carboxylic acids is 1. The number of hydrogen-bond acceptors (Lipinski definition) is 10. The van der Waals surface area contributed by atoms with Gasteiger partial charge in [0.25, 0.3) is 11.8 Å². The van der Waals surface area contributed by atoms with Crippen LogP contribution in [-0.2, 0) is 24.0 Å². The van der Waals surface area contributed by atoms with Gasteiger partial charge in [-0.3, -0.25) is 14.5 Å². The van der Waals surface area contributed by atoms with E-state index >= 15 is 0 Å². The Kier molecular flexibility index (Phi) is 8.51. The number of carboxylic acids is 1. The first kappa shape index (κ1) is 24.4. The number of amides is 3. The van der Waals surface area contributed by atoms with E-state index in [1.165, 1.54) is 31.2 Å². The maximum absolute atomic E-state index is 12.5. The zero-order valence-corrected chi connectivity index (χ0v) is 19.9. The zero-order chi connectivity index (χ0) is 21.1. The first-order valence-corrected chi connectivity index (χ1v) is 9.16. The van der Waals surface area contributed by atoms with E-state index in [4.69, 9.17) is 10.2 Å². The van der Waals surface area contributed by atoms with E-state index in [0.717, 1.165) is 4.90 Å².